The summed E-state index contributed by atoms with van der Waals surface area (Å²) in [5, 5.41) is 5.06. The lowest BCUT2D eigenvalue weighted by atomic mass is 10.1. The van der Waals surface area contributed by atoms with Crippen LogP contribution in [0.4, 0.5) is 4.79 Å². The third-order valence-electron chi connectivity index (χ3n) is 2.28. The second-order valence-corrected chi connectivity index (χ2v) is 3.84. The van der Waals surface area contributed by atoms with Crippen LogP contribution < -0.4 is 10.6 Å². The summed E-state index contributed by atoms with van der Waals surface area (Å²) in [5.41, 5.74) is 2.19. The number of carbonyl (C=O) groups is 2. The van der Waals surface area contributed by atoms with Crippen LogP contribution in [0.5, 0.6) is 0 Å². The van der Waals surface area contributed by atoms with Gasteiger partial charge in [0.2, 0.25) is 5.91 Å². The molecule has 0 spiro atoms. The monoisotopic (exact) mass is 250 g/mol. The Kier molecular flexibility index (Phi) is 5.70. The third-order valence-corrected chi connectivity index (χ3v) is 2.28. The van der Waals surface area contributed by atoms with Crippen molar-refractivity contribution in [3.8, 4) is 0 Å². The fourth-order valence-electron chi connectivity index (χ4n) is 1.30. The molecule has 2 N–H and O–H groups in total. The predicted octanol–water partition coefficient (Wildman–Crippen LogP) is 1.36. The molecule has 0 aliphatic rings. The van der Waals surface area contributed by atoms with E-state index in [2.05, 4.69) is 15.4 Å². The predicted molar refractivity (Wildman–Crippen MR) is 68.1 cm³/mol. The molecular formula is C13H18N2O3. The number of hydrogen-bond donors (Lipinski definition) is 2. The molecule has 0 saturated carbocycles. The summed E-state index contributed by atoms with van der Waals surface area (Å²) >= 11 is 0. The minimum Gasteiger partial charge on any atom is -0.450 e. The van der Waals surface area contributed by atoms with Gasteiger partial charge in [0.25, 0.3) is 0 Å². The highest BCUT2D eigenvalue weighted by molar-refractivity contribution is 5.82. The summed E-state index contributed by atoms with van der Waals surface area (Å²) in [7, 11) is 0. The van der Waals surface area contributed by atoms with Crippen LogP contribution in [-0.2, 0) is 16.1 Å². The maximum atomic E-state index is 11.4. The number of amides is 2. The summed E-state index contributed by atoms with van der Waals surface area (Å²) < 4.78 is 4.64. The van der Waals surface area contributed by atoms with Gasteiger partial charge in [-0.25, -0.2) is 4.79 Å². The summed E-state index contributed by atoms with van der Waals surface area (Å²) in [4.78, 5) is 22.4. The van der Waals surface area contributed by atoms with E-state index in [-0.39, 0.29) is 19.1 Å². The fraction of sp³-hybridized carbons (Fsp3) is 0.385. The minimum absolute atomic E-state index is 0.0787. The lowest BCUT2D eigenvalue weighted by molar-refractivity contribution is -0.120. The van der Waals surface area contributed by atoms with Crippen molar-refractivity contribution in [1.29, 1.82) is 0 Å². The van der Waals surface area contributed by atoms with Gasteiger partial charge < -0.3 is 15.4 Å². The maximum absolute atomic E-state index is 11.4. The van der Waals surface area contributed by atoms with Gasteiger partial charge in [0.15, 0.2) is 0 Å². The number of rotatable bonds is 5. The second kappa shape index (κ2) is 7.32. The Hall–Kier alpha value is -2.04. The quantitative estimate of drug-likeness (QED) is 0.829. The molecule has 0 aromatic heterocycles. The standard InChI is InChI=1S/C13H18N2O3/c1-3-18-13(17)15-9-12(16)14-8-11-6-4-10(2)5-7-11/h4-7H,3,8-9H2,1-2H3,(H,14,16)(H,15,17). The second-order valence-electron chi connectivity index (χ2n) is 3.84. The Bertz CT molecular complexity index is 401. The van der Waals surface area contributed by atoms with Crippen LogP contribution in [0.15, 0.2) is 24.3 Å². The summed E-state index contributed by atoms with van der Waals surface area (Å²) in [6, 6.07) is 7.87. The zero-order valence-corrected chi connectivity index (χ0v) is 10.7. The molecule has 0 unspecified atom stereocenters. The Labute approximate surface area is 107 Å². The number of nitrogens with one attached hydrogen (secondary N) is 2. The molecule has 1 aromatic rings. The number of ether oxygens (including phenoxy) is 1. The molecule has 0 saturated heterocycles. The van der Waals surface area contributed by atoms with Gasteiger partial charge in [-0.3, -0.25) is 4.79 Å². The molecule has 5 heteroatoms. The number of benzene rings is 1. The van der Waals surface area contributed by atoms with Gasteiger partial charge in [-0.15, -0.1) is 0 Å². The van der Waals surface area contributed by atoms with Crippen LogP contribution in [0, 0.1) is 6.92 Å². The van der Waals surface area contributed by atoms with E-state index in [9.17, 15) is 9.59 Å². The number of carbonyl (C=O) groups excluding carboxylic acids is 2. The Morgan fingerprint density at radius 2 is 1.83 bits per heavy atom. The van der Waals surface area contributed by atoms with E-state index in [1.165, 1.54) is 5.56 Å². The van der Waals surface area contributed by atoms with Gasteiger partial charge >= 0.3 is 6.09 Å². The molecule has 0 fully saturated rings. The molecular weight excluding hydrogens is 232 g/mol. The van der Waals surface area contributed by atoms with Crippen LogP contribution in [0.25, 0.3) is 0 Å². The van der Waals surface area contributed by atoms with Crippen LogP contribution >= 0.6 is 0 Å². The van der Waals surface area contributed by atoms with E-state index < -0.39 is 6.09 Å². The molecule has 5 nitrogen and oxygen atoms in total. The van der Waals surface area contributed by atoms with E-state index in [1.54, 1.807) is 6.92 Å². The van der Waals surface area contributed by atoms with Gasteiger partial charge in [0.1, 0.15) is 6.54 Å². The highest BCUT2D eigenvalue weighted by Gasteiger charge is 2.04. The molecule has 0 atom stereocenters. The van der Waals surface area contributed by atoms with Gasteiger partial charge in [0.05, 0.1) is 6.61 Å². The molecule has 1 aromatic carbocycles. The van der Waals surface area contributed by atoms with E-state index in [1.807, 2.05) is 31.2 Å². The number of hydrogen-bond acceptors (Lipinski definition) is 3. The van der Waals surface area contributed by atoms with E-state index in [4.69, 9.17) is 0 Å². The zero-order chi connectivity index (χ0) is 13.4. The largest absolute Gasteiger partial charge is 0.450 e. The molecule has 0 aliphatic carbocycles. The maximum Gasteiger partial charge on any atom is 0.407 e. The molecule has 1 rings (SSSR count). The SMILES string of the molecule is CCOC(=O)NCC(=O)NCc1ccc(C)cc1. The molecule has 98 valence electrons. The first-order valence-corrected chi connectivity index (χ1v) is 5.84. The Morgan fingerprint density at radius 1 is 1.17 bits per heavy atom. The average Bonchev–Trinajstić information content (AvgIpc) is 2.36. The Balaban J connectivity index is 2.24. The van der Waals surface area contributed by atoms with Crippen molar-refractivity contribution in [3.05, 3.63) is 35.4 Å². The lowest BCUT2D eigenvalue weighted by Crippen LogP contribution is -2.36. The van der Waals surface area contributed by atoms with Gasteiger partial charge in [-0.1, -0.05) is 29.8 Å². The Morgan fingerprint density at radius 3 is 2.44 bits per heavy atom. The fourth-order valence-corrected chi connectivity index (χ4v) is 1.30. The van der Waals surface area contributed by atoms with Crippen molar-refractivity contribution >= 4 is 12.0 Å². The normalized spacial score (nSPS) is 9.67. The van der Waals surface area contributed by atoms with E-state index >= 15 is 0 Å². The van der Waals surface area contributed by atoms with Crippen LogP contribution in [0.3, 0.4) is 0 Å². The molecule has 0 heterocycles. The minimum atomic E-state index is -0.581. The molecule has 0 aliphatic heterocycles. The van der Waals surface area contributed by atoms with Crippen molar-refractivity contribution in [3.63, 3.8) is 0 Å². The average molecular weight is 250 g/mol. The highest BCUT2D eigenvalue weighted by Crippen LogP contribution is 2.02. The molecule has 18 heavy (non-hydrogen) atoms. The smallest absolute Gasteiger partial charge is 0.407 e. The molecule has 2 amide bonds. The van der Waals surface area contributed by atoms with E-state index in [0.29, 0.717) is 6.54 Å². The van der Waals surface area contributed by atoms with E-state index in [0.717, 1.165) is 5.56 Å². The van der Waals surface area contributed by atoms with Crippen LogP contribution in [0.2, 0.25) is 0 Å². The highest BCUT2D eigenvalue weighted by atomic mass is 16.5. The first-order valence-electron chi connectivity index (χ1n) is 5.84. The summed E-state index contributed by atoms with van der Waals surface area (Å²) in [6.07, 6.45) is -0.581. The van der Waals surface area contributed by atoms with Crippen molar-refractivity contribution in [1.82, 2.24) is 10.6 Å². The van der Waals surface area contributed by atoms with Crippen molar-refractivity contribution in [2.45, 2.75) is 20.4 Å². The van der Waals surface area contributed by atoms with Crippen LogP contribution in [0.1, 0.15) is 18.1 Å². The topological polar surface area (TPSA) is 67.4 Å². The molecule has 0 radical (unpaired) electrons. The van der Waals surface area contributed by atoms with Crippen molar-refractivity contribution in [2.75, 3.05) is 13.2 Å². The van der Waals surface area contributed by atoms with Crippen LogP contribution in [-0.4, -0.2) is 25.2 Å². The number of alkyl carbamates (subject to hydrolysis) is 1. The van der Waals surface area contributed by atoms with Crippen molar-refractivity contribution < 1.29 is 14.3 Å². The lowest BCUT2D eigenvalue weighted by Gasteiger charge is -2.07. The summed E-state index contributed by atoms with van der Waals surface area (Å²) in [5.74, 6) is -0.247. The third kappa shape index (κ3) is 5.34. The first kappa shape index (κ1) is 14.0. The number of aryl methyl sites for hydroxylation is 1. The first-order chi connectivity index (χ1) is 8.61. The van der Waals surface area contributed by atoms with Gasteiger partial charge in [0, 0.05) is 6.54 Å². The zero-order valence-electron chi connectivity index (χ0n) is 10.7. The summed E-state index contributed by atoms with van der Waals surface area (Å²) in [6.45, 7) is 4.37. The van der Waals surface area contributed by atoms with Crippen molar-refractivity contribution in [2.24, 2.45) is 0 Å². The molecule has 0 bridgehead atoms. The van der Waals surface area contributed by atoms with Gasteiger partial charge in [-0.05, 0) is 19.4 Å². The van der Waals surface area contributed by atoms with Gasteiger partial charge in [-0.2, -0.15) is 0 Å².